The van der Waals surface area contributed by atoms with E-state index in [-0.39, 0.29) is 39.8 Å². The van der Waals surface area contributed by atoms with Gasteiger partial charge in [0.15, 0.2) is 0 Å². The van der Waals surface area contributed by atoms with Crippen LogP contribution in [0.1, 0.15) is 100 Å². The van der Waals surface area contributed by atoms with Gasteiger partial charge in [-0.05, 0) is 104 Å². The summed E-state index contributed by atoms with van der Waals surface area (Å²) in [6, 6.07) is 0. The average Bonchev–Trinajstić information content (AvgIpc) is 2.96. The Balaban J connectivity index is 1.64. The highest BCUT2D eigenvalue weighted by Crippen LogP contribution is 2.73. The van der Waals surface area contributed by atoms with Crippen molar-refractivity contribution < 1.29 is 20.4 Å². The van der Waals surface area contributed by atoms with Gasteiger partial charge < -0.3 is 10.2 Å². The standard InChI is InChI=1S/C30H50O4/c1-19(10-9-15-26(2,3)34-33)25-22(31)18-30(8)21-11-12-23-27(4,5)24(32)14-16-28(23,6)20(21)13-17-29(25,30)7/h9,11,15,19-20,22-25,31-33H,10,12-14,16-18H2,1-8H3. The molecule has 0 saturated heterocycles. The number of aliphatic hydroxyl groups is 2. The van der Waals surface area contributed by atoms with Crippen molar-refractivity contribution in [2.24, 2.45) is 45.3 Å². The fourth-order valence-electron chi connectivity index (χ4n) is 9.56. The Morgan fingerprint density at radius 1 is 1.12 bits per heavy atom. The first-order valence-corrected chi connectivity index (χ1v) is 13.7. The number of fused-ring (bicyclic) bond motifs is 5. The zero-order chi connectivity index (χ0) is 25.3. The maximum absolute atomic E-state index is 11.5. The first-order chi connectivity index (χ1) is 15.6. The molecule has 0 spiro atoms. The molecule has 0 aromatic heterocycles. The topological polar surface area (TPSA) is 69.9 Å². The molecule has 0 amide bonds. The molecule has 4 aliphatic carbocycles. The second-order valence-corrected chi connectivity index (χ2v) is 14.3. The predicted molar refractivity (Wildman–Crippen MR) is 137 cm³/mol. The lowest BCUT2D eigenvalue weighted by atomic mass is 9.41. The number of hydrogen-bond acceptors (Lipinski definition) is 4. The van der Waals surface area contributed by atoms with Crippen molar-refractivity contribution in [2.45, 2.75) is 118 Å². The molecule has 9 atom stereocenters. The van der Waals surface area contributed by atoms with Crippen molar-refractivity contribution in [3.63, 3.8) is 0 Å². The highest BCUT2D eigenvalue weighted by molar-refractivity contribution is 5.34. The van der Waals surface area contributed by atoms with E-state index in [0.29, 0.717) is 17.8 Å². The van der Waals surface area contributed by atoms with Gasteiger partial charge in [0.05, 0.1) is 12.2 Å². The van der Waals surface area contributed by atoms with Gasteiger partial charge in [-0.15, -0.1) is 0 Å². The molecule has 0 aliphatic heterocycles. The smallest absolute Gasteiger partial charge is 0.116 e. The van der Waals surface area contributed by atoms with Crippen LogP contribution in [0.3, 0.4) is 0 Å². The molecule has 34 heavy (non-hydrogen) atoms. The van der Waals surface area contributed by atoms with E-state index in [1.54, 1.807) is 5.57 Å². The minimum atomic E-state index is -0.690. The average molecular weight is 475 g/mol. The van der Waals surface area contributed by atoms with Crippen LogP contribution in [0.15, 0.2) is 23.8 Å². The second-order valence-electron chi connectivity index (χ2n) is 14.3. The summed E-state index contributed by atoms with van der Waals surface area (Å²) < 4.78 is 0. The van der Waals surface area contributed by atoms with Crippen LogP contribution < -0.4 is 0 Å². The summed E-state index contributed by atoms with van der Waals surface area (Å²) >= 11 is 0. The Morgan fingerprint density at radius 3 is 2.44 bits per heavy atom. The van der Waals surface area contributed by atoms with Crippen LogP contribution in [0, 0.1) is 45.3 Å². The summed E-state index contributed by atoms with van der Waals surface area (Å²) in [5.74, 6) is 1.66. The van der Waals surface area contributed by atoms with Gasteiger partial charge in [0.1, 0.15) is 5.60 Å². The van der Waals surface area contributed by atoms with Crippen LogP contribution in [0.2, 0.25) is 0 Å². The van der Waals surface area contributed by atoms with Crippen LogP contribution in [-0.4, -0.2) is 33.3 Å². The normalized spacial score (nSPS) is 47.0. The Bertz CT molecular complexity index is 843. The van der Waals surface area contributed by atoms with Crippen molar-refractivity contribution in [3.8, 4) is 0 Å². The number of hydrogen-bond donors (Lipinski definition) is 3. The molecule has 0 radical (unpaired) electrons. The Hall–Kier alpha value is -0.680. The van der Waals surface area contributed by atoms with E-state index in [0.717, 1.165) is 38.5 Å². The van der Waals surface area contributed by atoms with Gasteiger partial charge in [-0.3, -0.25) is 5.26 Å². The van der Waals surface area contributed by atoms with Gasteiger partial charge in [-0.1, -0.05) is 65.3 Å². The molecule has 9 unspecified atom stereocenters. The maximum atomic E-state index is 11.5. The Morgan fingerprint density at radius 2 is 1.79 bits per heavy atom. The molecule has 4 nitrogen and oxygen atoms in total. The van der Waals surface area contributed by atoms with Gasteiger partial charge in [0.2, 0.25) is 0 Å². The largest absolute Gasteiger partial charge is 0.393 e. The van der Waals surface area contributed by atoms with Crippen molar-refractivity contribution >= 4 is 0 Å². The number of aliphatic hydroxyl groups excluding tert-OH is 2. The van der Waals surface area contributed by atoms with Gasteiger partial charge in [-0.2, -0.15) is 0 Å². The second kappa shape index (κ2) is 8.43. The molecule has 4 rings (SSSR count). The van der Waals surface area contributed by atoms with Crippen molar-refractivity contribution in [1.29, 1.82) is 0 Å². The molecule has 4 heteroatoms. The maximum Gasteiger partial charge on any atom is 0.116 e. The fourth-order valence-corrected chi connectivity index (χ4v) is 9.56. The van der Waals surface area contributed by atoms with Gasteiger partial charge >= 0.3 is 0 Å². The van der Waals surface area contributed by atoms with E-state index in [1.165, 1.54) is 6.42 Å². The molecular weight excluding hydrogens is 424 g/mol. The summed E-state index contributed by atoms with van der Waals surface area (Å²) in [4.78, 5) is 4.56. The van der Waals surface area contributed by atoms with Crippen LogP contribution in [0.25, 0.3) is 0 Å². The van der Waals surface area contributed by atoms with Crippen LogP contribution in [0.4, 0.5) is 0 Å². The zero-order valence-corrected chi connectivity index (χ0v) is 22.9. The van der Waals surface area contributed by atoms with E-state index in [4.69, 9.17) is 5.26 Å². The number of rotatable bonds is 5. The summed E-state index contributed by atoms with van der Waals surface area (Å²) in [6.07, 6.45) is 13.2. The van der Waals surface area contributed by atoms with E-state index in [2.05, 4.69) is 58.6 Å². The van der Waals surface area contributed by atoms with E-state index in [9.17, 15) is 10.2 Å². The minimum absolute atomic E-state index is 0.0135. The summed E-state index contributed by atoms with van der Waals surface area (Å²) in [6.45, 7) is 17.9. The lowest BCUT2D eigenvalue weighted by Gasteiger charge is -2.64. The minimum Gasteiger partial charge on any atom is -0.393 e. The van der Waals surface area contributed by atoms with Gasteiger partial charge in [0, 0.05) is 0 Å². The summed E-state index contributed by atoms with van der Waals surface area (Å²) in [5.41, 5.74) is 1.18. The molecule has 3 fully saturated rings. The van der Waals surface area contributed by atoms with E-state index in [1.807, 2.05) is 19.9 Å². The van der Waals surface area contributed by atoms with Crippen LogP contribution >= 0.6 is 0 Å². The molecule has 0 aromatic rings. The monoisotopic (exact) mass is 474 g/mol. The van der Waals surface area contributed by atoms with Crippen molar-refractivity contribution in [3.05, 3.63) is 23.8 Å². The Labute approximate surface area is 207 Å². The van der Waals surface area contributed by atoms with Crippen molar-refractivity contribution in [2.75, 3.05) is 0 Å². The van der Waals surface area contributed by atoms with Gasteiger partial charge in [0.25, 0.3) is 0 Å². The zero-order valence-electron chi connectivity index (χ0n) is 22.9. The third-order valence-corrected chi connectivity index (χ3v) is 11.7. The third kappa shape index (κ3) is 3.69. The highest BCUT2D eigenvalue weighted by atomic mass is 17.1. The molecule has 0 aromatic carbocycles. The molecule has 3 saturated carbocycles. The van der Waals surface area contributed by atoms with E-state index >= 15 is 0 Å². The van der Waals surface area contributed by atoms with Crippen LogP contribution in [0.5, 0.6) is 0 Å². The first-order valence-electron chi connectivity index (χ1n) is 13.7. The molecule has 194 valence electrons. The molecule has 3 N–H and O–H groups in total. The van der Waals surface area contributed by atoms with Crippen molar-refractivity contribution in [1.82, 2.24) is 0 Å². The third-order valence-electron chi connectivity index (χ3n) is 11.7. The first kappa shape index (κ1) is 26.4. The lowest BCUT2D eigenvalue weighted by Crippen LogP contribution is -2.58. The van der Waals surface area contributed by atoms with Crippen LogP contribution in [-0.2, 0) is 4.89 Å². The Kier molecular flexibility index (Phi) is 6.54. The lowest BCUT2D eigenvalue weighted by molar-refractivity contribution is -0.297. The predicted octanol–water partition coefficient (Wildman–Crippen LogP) is 6.77. The van der Waals surface area contributed by atoms with Gasteiger partial charge in [-0.25, -0.2) is 4.89 Å². The summed E-state index contributed by atoms with van der Waals surface area (Å²) in [5, 5.41) is 31.4. The molecule has 0 bridgehead atoms. The molecule has 0 heterocycles. The fraction of sp³-hybridized carbons (Fsp3) is 0.867. The summed E-state index contributed by atoms with van der Waals surface area (Å²) in [7, 11) is 0. The van der Waals surface area contributed by atoms with E-state index < -0.39 is 5.60 Å². The quantitative estimate of drug-likeness (QED) is 0.233. The highest BCUT2D eigenvalue weighted by Gasteiger charge is 2.67. The molecule has 4 aliphatic rings. The number of allylic oxidation sites excluding steroid dienone is 3. The molecular formula is C30H50O4. The SMILES string of the molecule is CC(CC=CC(C)(C)OO)C1C(O)CC2(C)C3=CCC4C(C)(C)C(O)CCC4(C)C3CCC12C.